The van der Waals surface area contributed by atoms with Crippen LogP contribution in [0, 0.1) is 0 Å². The molecular weight excluding hydrogens is 228 g/mol. The highest BCUT2D eigenvalue weighted by Crippen LogP contribution is 2.20. The molecule has 1 N–H and O–H groups in total. The predicted octanol–water partition coefficient (Wildman–Crippen LogP) is 1.17. The maximum atomic E-state index is 12.0. The Bertz CT molecular complexity index is 560. The summed E-state index contributed by atoms with van der Waals surface area (Å²) in [6.07, 6.45) is 2.37. The topological polar surface area (TPSA) is 45.5 Å². The summed E-state index contributed by atoms with van der Waals surface area (Å²) in [7, 11) is 3.69. The van der Waals surface area contributed by atoms with Crippen LogP contribution in [0.4, 0.5) is 0 Å². The number of amides is 1. The molecule has 0 aliphatic carbocycles. The molecule has 0 saturated heterocycles. The summed E-state index contributed by atoms with van der Waals surface area (Å²) in [6.45, 7) is 0.376. The maximum Gasteiger partial charge on any atom is 0.226 e. The minimum Gasteiger partial charge on any atom is -0.395 e. The second-order valence-corrected chi connectivity index (χ2v) is 4.50. The van der Waals surface area contributed by atoms with Gasteiger partial charge in [-0.05, 0) is 11.6 Å². The molecule has 1 heterocycles. The number of aliphatic hydroxyl groups excluding tert-OH is 1. The van der Waals surface area contributed by atoms with E-state index in [1.807, 2.05) is 42.1 Å². The van der Waals surface area contributed by atoms with E-state index in [0.29, 0.717) is 13.0 Å². The van der Waals surface area contributed by atoms with Crippen LogP contribution in [0.1, 0.15) is 5.56 Å². The molecule has 0 radical (unpaired) electrons. The van der Waals surface area contributed by atoms with E-state index in [2.05, 4.69) is 0 Å². The number of nitrogens with zero attached hydrogens (tertiary/aromatic N) is 2. The van der Waals surface area contributed by atoms with Crippen LogP contribution in [0.25, 0.3) is 10.9 Å². The first-order valence-corrected chi connectivity index (χ1v) is 6.01. The van der Waals surface area contributed by atoms with Crippen LogP contribution in [-0.4, -0.2) is 40.7 Å². The van der Waals surface area contributed by atoms with Gasteiger partial charge in [-0.25, -0.2) is 0 Å². The molecule has 0 fully saturated rings. The van der Waals surface area contributed by atoms with Crippen molar-refractivity contribution in [2.24, 2.45) is 7.05 Å². The van der Waals surface area contributed by atoms with Crippen LogP contribution in [0.5, 0.6) is 0 Å². The Labute approximate surface area is 106 Å². The number of para-hydroxylation sites is 1. The van der Waals surface area contributed by atoms with Gasteiger partial charge in [-0.2, -0.15) is 0 Å². The summed E-state index contributed by atoms with van der Waals surface area (Å²) in [6, 6.07) is 8.05. The predicted molar refractivity (Wildman–Crippen MR) is 71.3 cm³/mol. The molecule has 0 atom stereocenters. The lowest BCUT2D eigenvalue weighted by Gasteiger charge is -2.15. The van der Waals surface area contributed by atoms with Gasteiger partial charge in [-0.3, -0.25) is 4.79 Å². The van der Waals surface area contributed by atoms with E-state index in [1.165, 1.54) is 0 Å². The fourth-order valence-electron chi connectivity index (χ4n) is 2.14. The van der Waals surface area contributed by atoms with Crippen LogP contribution >= 0.6 is 0 Å². The lowest BCUT2D eigenvalue weighted by atomic mass is 10.1. The number of fused-ring (bicyclic) bond motifs is 1. The summed E-state index contributed by atoms with van der Waals surface area (Å²) in [5.41, 5.74) is 2.16. The van der Waals surface area contributed by atoms with Crippen LogP contribution in [-0.2, 0) is 18.3 Å². The number of carbonyl (C=O) groups is 1. The minimum atomic E-state index is -0.00220. The van der Waals surface area contributed by atoms with Crippen molar-refractivity contribution in [1.82, 2.24) is 9.47 Å². The molecule has 1 aromatic carbocycles. The smallest absolute Gasteiger partial charge is 0.226 e. The Balaban J connectivity index is 2.24. The van der Waals surface area contributed by atoms with E-state index in [4.69, 9.17) is 5.11 Å². The molecule has 0 spiro atoms. The molecule has 96 valence electrons. The lowest BCUT2D eigenvalue weighted by molar-refractivity contribution is -0.129. The molecule has 0 saturated carbocycles. The van der Waals surface area contributed by atoms with Gasteiger partial charge in [-0.15, -0.1) is 0 Å². The van der Waals surface area contributed by atoms with Crippen molar-refractivity contribution in [2.45, 2.75) is 6.42 Å². The first-order chi connectivity index (χ1) is 8.63. The van der Waals surface area contributed by atoms with Gasteiger partial charge >= 0.3 is 0 Å². The number of hydrogen-bond donors (Lipinski definition) is 1. The summed E-state index contributed by atoms with van der Waals surface area (Å²) in [4.78, 5) is 13.5. The average Bonchev–Trinajstić information content (AvgIpc) is 2.67. The summed E-state index contributed by atoms with van der Waals surface area (Å²) >= 11 is 0. The van der Waals surface area contributed by atoms with Crippen molar-refractivity contribution in [2.75, 3.05) is 20.2 Å². The van der Waals surface area contributed by atoms with Crippen LogP contribution in [0.15, 0.2) is 30.5 Å². The van der Waals surface area contributed by atoms with Crippen molar-refractivity contribution in [3.63, 3.8) is 0 Å². The first-order valence-electron chi connectivity index (χ1n) is 6.01. The molecule has 2 aromatic rings. The third-order valence-corrected chi connectivity index (χ3v) is 3.18. The molecule has 0 aliphatic heterocycles. The maximum absolute atomic E-state index is 12.0. The van der Waals surface area contributed by atoms with Crippen molar-refractivity contribution in [1.29, 1.82) is 0 Å². The average molecular weight is 246 g/mol. The number of aryl methyl sites for hydroxylation is 1. The Morgan fingerprint density at radius 2 is 2.11 bits per heavy atom. The minimum absolute atomic E-state index is 0.00220. The summed E-state index contributed by atoms with van der Waals surface area (Å²) in [5.74, 6) is 0.0282. The molecule has 18 heavy (non-hydrogen) atoms. The van der Waals surface area contributed by atoms with E-state index in [0.717, 1.165) is 16.5 Å². The van der Waals surface area contributed by atoms with Gasteiger partial charge in [0.05, 0.1) is 13.0 Å². The van der Waals surface area contributed by atoms with Crippen molar-refractivity contribution in [3.8, 4) is 0 Å². The number of aliphatic hydroxyl groups is 1. The highest BCUT2D eigenvalue weighted by molar-refractivity contribution is 5.89. The van der Waals surface area contributed by atoms with Crippen LogP contribution in [0.2, 0.25) is 0 Å². The monoisotopic (exact) mass is 246 g/mol. The van der Waals surface area contributed by atoms with Gasteiger partial charge in [0.1, 0.15) is 0 Å². The summed E-state index contributed by atoms with van der Waals surface area (Å²) in [5, 5.41) is 9.95. The van der Waals surface area contributed by atoms with E-state index >= 15 is 0 Å². The highest BCUT2D eigenvalue weighted by Gasteiger charge is 2.13. The zero-order chi connectivity index (χ0) is 13.1. The number of benzene rings is 1. The number of rotatable bonds is 4. The molecule has 1 amide bonds. The van der Waals surface area contributed by atoms with Gasteiger partial charge in [0.2, 0.25) is 5.91 Å². The highest BCUT2D eigenvalue weighted by atomic mass is 16.3. The molecule has 0 bridgehead atoms. The summed E-state index contributed by atoms with van der Waals surface area (Å²) < 4.78 is 2.03. The largest absolute Gasteiger partial charge is 0.395 e. The molecule has 2 rings (SSSR count). The second kappa shape index (κ2) is 5.23. The molecule has 4 nitrogen and oxygen atoms in total. The molecule has 0 unspecified atom stereocenters. The Hall–Kier alpha value is -1.81. The zero-order valence-electron chi connectivity index (χ0n) is 10.8. The molecule has 1 aromatic heterocycles. The van der Waals surface area contributed by atoms with Crippen molar-refractivity contribution in [3.05, 3.63) is 36.0 Å². The van der Waals surface area contributed by atoms with E-state index in [-0.39, 0.29) is 12.5 Å². The van der Waals surface area contributed by atoms with Gasteiger partial charge in [0, 0.05) is 37.7 Å². The normalized spacial score (nSPS) is 10.8. The van der Waals surface area contributed by atoms with Gasteiger partial charge in [0.15, 0.2) is 0 Å². The first kappa shape index (κ1) is 12.6. The SMILES string of the molecule is CN(CCO)C(=O)Cc1cn(C)c2ccccc12. The molecule has 4 heteroatoms. The van der Waals surface area contributed by atoms with Gasteiger partial charge in [0.25, 0.3) is 0 Å². The Morgan fingerprint density at radius 3 is 2.83 bits per heavy atom. The standard InChI is InChI=1S/C14H18N2O2/c1-15(7-8-17)14(18)9-11-10-16(2)13-6-4-3-5-12(11)13/h3-6,10,17H,7-9H2,1-2H3. The number of hydrogen-bond acceptors (Lipinski definition) is 2. The Kier molecular flexibility index (Phi) is 3.67. The van der Waals surface area contributed by atoms with Crippen LogP contribution < -0.4 is 0 Å². The third-order valence-electron chi connectivity index (χ3n) is 3.18. The van der Waals surface area contributed by atoms with Crippen molar-refractivity contribution >= 4 is 16.8 Å². The number of likely N-dealkylation sites (N-methyl/N-ethyl adjacent to an activating group) is 1. The van der Waals surface area contributed by atoms with Crippen molar-refractivity contribution < 1.29 is 9.90 Å². The zero-order valence-corrected chi connectivity index (χ0v) is 10.8. The quantitative estimate of drug-likeness (QED) is 0.880. The second-order valence-electron chi connectivity index (χ2n) is 4.50. The van der Waals surface area contributed by atoms with E-state index in [1.54, 1.807) is 11.9 Å². The van der Waals surface area contributed by atoms with Gasteiger partial charge < -0.3 is 14.6 Å². The van der Waals surface area contributed by atoms with E-state index < -0.39 is 0 Å². The third kappa shape index (κ3) is 2.38. The number of aromatic nitrogens is 1. The molecule has 0 aliphatic rings. The molecular formula is C14H18N2O2. The lowest BCUT2D eigenvalue weighted by Crippen LogP contribution is -2.30. The fraction of sp³-hybridized carbons (Fsp3) is 0.357. The fourth-order valence-corrected chi connectivity index (χ4v) is 2.14. The Morgan fingerprint density at radius 1 is 1.39 bits per heavy atom. The van der Waals surface area contributed by atoms with E-state index in [9.17, 15) is 4.79 Å². The number of carbonyl (C=O) groups excluding carboxylic acids is 1. The van der Waals surface area contributed by atoms with Crippen LogP contribution in [0.3, 0.4) is 0 Å². The van der Waals surface area contributed by atoms with Gasteiger partial charge in [-0.1, -0.05) is 18.2 Å².